The van der Waals surface area contributed by atoms with E-state index in [9.17, 15) is 19.1 Å². The lowest BCUT2D eigenvalue weighted by Gasteiger charge is -2.22. The van der Waals surface area contributed by atoms with Crippen molar-refractivity contribution in [1.29, 1.82) is 0 Å². The third kappa shape index (κ3) is 6.85. The molecule has 1 rings (SSSR count). The average Bonchev–Trinajstić information content (AvgIpc) is 2.38. The van der Waals surface area contributed by atoms with E-state index in [4.69, 9.17) is 9.47 Å². The molecule has 0 aliphatic rings. The van der Waals surface area contributed by atoms with Gasteiger partial charge in [0.1, 0.15) is 23.2 Å². The molecule has 0 heterocycles. The van der Waals surface area contributed by atoms with E-state index in [2.05, 4.69) is 5.32 Å². The number of carboxylic acids is 1. The molecule has 6 nitrogen and oxygen atoms in total. The van der Waals surface area contributed by atoms with E-state index >= 15 is 0 Å². The molecule has 2 N–H and O–H groups in total. The number of nitrogens with one attached hydrogen (secondary N) is 1. The lowest BCUT2D eigenvalue weighted by atomic mass is 10.0. The number of aliphatic carboxylic acids is 1. The van der Waals surface area contributed by atoms with Crippen LogP contribution in [0.5, 0.6) is 5.75 Å². The number of ether oxygens (including phenoxy) is 2. The molecule has 1 aromatic rings. The van der Waals surface area contributed by atoms with Crippen molar-refractivity contribution in [3.05, 3.63) is 29.6 Å². The summed E-state index contributed by atoms with van der Waals surface area (Å²) in [5, 5.41) is 11.5. The molecule has 0 saturated heterocycles. The Morgan fingerprint density at radius 3 is 2.42 bits per heavy atom. The van der Waals surface area contributed by atoms with Crippen LogP contribution in [0.3, 0.4) is 0 Å². The molecule has 1 amide bonds. The summed E-state index contributed by atoms with van der Waals surface area (Å²) < 4.78 is 24.5. The molecular weight excluding hydrogens is 317 g/mol. The van der Waals surface area contributed by atoms with Crippen LogP contribution < -0.4 is 10.1 Å². The number of rotatable bonds is 6. The lowest BCUT2D eigenvalue weighted by Crippen LogP contribution is -2.44. The maximum Gasteiger partial charge on any atom is 0.408 e. The zero-order valence-electron chi connectivity index (χ0n) is 14.6. The van der Waals surface area contributed by atoms with Gasteiger partial charge >= 0.3 is 12.1 Å². The van der Waals surface area contributed by atoms with Crippen molar-refractivity contribution < 1.29 is 28.6 Å². The van der Waals surface area contributed by atoms with Crippen LogP contribution >= 0.6 is 0 Å². The van der Waals surface area contributed by atoms with Gasteiger partial charge < -0.3 is 19.9 Å². The standard InChI is InChI=1S/C17H24FNO5/c1-10(2)23-12-6-7-13(18)11(8-12)9-14(15(20)21)19-16(22)24-17(3,4)5/h6-8,10,14H,9H2,1-5H3,(H,19,22)(H,20,21). The van der Waals surface area contributed by atoms with Crippen LogP contribution in [0.25, 0.3) is 0 Å². The summed E-state index contributed by atoms with van der Waals surface area (Å²) in [6.07, 6.45) is -1.20. The first-order valence-electron chi connectivity index (χ1n) is 7.65. The topological polar surface area (TPSA) is 84.9 Å². The van der Waals surface area contributed by atoms with Gasteiger partial charge in [-0.3, -0.25) is 0 Å². The first-order valence-corrected chi connectivity index (χ1v) is 7.65. The van der Waals surface area contributed by atoms with Gasteiger partial charge in [0.2, 0.25) is 0 Å². The van der Waals surface area contributed by atoms with Crippen molar-refractivity contribution in [2.75, 3.05) is 0 Å². The Morgan fingerprint density at radius 2 is 1.92 bits per heavy atom. The number of hydrogen-bond acceptors (Lipinski definition) is 4. The molecule has 24 heavy (non-hydrogen) atoms. The second kappa shape index (κ2) is 7.99. The molecule has 0 bridgehead atoms. The second-order valence-electron chi connectivity index (χ2n) is 6.66. The fraction of sp³-hybridized carbons (Fsp3) is 0.529. The van der Waals surface area contributed by atoms with E-state index in [0.29, 0.717) is 5.75 Å². The van der Waals surface area contributed by atoms with Gasteiger partial charge in [0.05, 0.1) is 6.10 Å². The molecule has 0 aromatic heterocycles. The van der Waals surface area contributed by atoms with Crippen LogP contribution in [0, 0.1) is 5.82 Å². The number of carbonyl (C=O) groups excluding carboxylic acids is 1. The highest BCUT2D eigenvalue weighted by Gasteiger charge is 2.25. The molecule has 0 aliphatic heterocycles. The normalized spacial score (nSPS) is 12.6. The number of hydrogen-bond donors (Lipinski definition) is 2. The molecule has 0 aliphatic carbocycles. The van der Waals surface area contributed by atoms with Crippen LogP contribution in [0.15, 0.2) is 18.2 Å². The zero-order chi connectivity index (χ0) is 18.5. The van der Waals surface area contributed by atoms with Crippen molar-refractivity contribution in [2.24, 2.45) is 0 Å². The van der Waals surface area contributed by atoms with Crippen molar-refractivity contribution in [3.63, 3.8) is 0 Å². The third-order valence-electron chi connectivity index (χ3n) is 2.80. The van der Waals surface area contributed by atoms with Crippen molar-refractivity contribution in [2.45, 2.75) is 58.8 Å². The smallest absolute Gasteiger partial charge is 0.408 e. The van der Waals surface area contributed by atoms with Crippen molar-refractivity contribution >= 4 is 12.1 Å². The fourth-order valence-electron chi connectivity index (χ4n) is 1.92. The minimum atomic E-state index is -1.32. The van der Waals surface area contributed by atoms with Gasteiger partial charge in [0.15, 0.2) is 0 Å². The van der Waals surface area contributed by atoms with E-state index in [-0.39, 0.29) is 18.1 Å². The molecule has 0 fully saturated rings. The van der Waals surface area contributed by atoms with Gasteiger partial charge in [0.25, 0.3) is 0 Å². The molecule has 1 unspecified atom stereocenters. The molecule has 7 heteroatoms. The predicted octanol–water partition coefficient (Wildman–Crippen LogP) is 3.13. The molecule has 0 radical (unpaired) electrons. The number of benzene rings is 1. The highest BCUT2D eigenvalue weighted by atomic mass is 19.1. The predicted molar refractivity (Wildman–Crippen MR) is 86.7 cm³/mol. The Kier molecular flexibility index (Phi) is 6.57. The van der Waals surface area contributed by atoms with Crippen LogP contribution in [0.4, 0.5) is 9.18 Å². The molecule has 1 aromatic carbocycles. The van der Waals surface area contributed by atoms with E-state index in [1.807, 2.05) is 13.8 Å². The van der Waals surface area contributed by atoms with E-state index in [0.717, 1.165) is 0 Å². The van der Waals surface area contributed by atoms with Crippen LogP contribution in [0.2, 0.25) is 0 Å². The summed E-state index contributed by atoms with van der Waals surface area (Å²) in [6.45, 7) is 8.64. The van der Waals surface area contributed by atoms with Crippen LogP contribution in [0.1, 0.15) is 40.2 Å². The maximum atomic E-state index is 13.9. The Hall–Kier alpha value is -2.31. The summed E-state index contributed by atoms with van der Waals surface area (Å²) >= 11 is 0. The van der Waals surface area contributed by atoms with Gasteiger partial charge in [-0.15, -0.1) is 0 Å². The Balaban J connectivity index is 2.88. The monoisotopic (exact) mass is 341 g/mol. The van der Waals surface area contributed by atoms with Crippen molar-refractivity contribution in [1.82, 2.24) is 5.32 Å². The largest absolute Gasteiger partial charge is 0.491 e. The average molecular weight is 341 g/mol. The van der Waals surface area contributed by atoms with Crippen LogP contribution in [-0.4, -0.2) is 34.9 Å². The van der Waals surface area contributed by atoms with Gasteiger partial charge in [-0.1, -0.05) is 0 Å². The van der Waals surface area contributed by atoms with E-state index < -0.39 is 29.5 Å². The van der Waals surface area contributed by atoms with E-state index in [1.54, 1.807) is 20.8 Å². The number of carbonyl (C=O) groups is 2. The molecule has 0 spiro atoms. The Bertz CT molecular complexity index is 595. The zero-order valence-corrected chi connectivity index (χ0v) is 14.6. The maximum absolute atomic E-state index is 13.9. The Labute approximate surface area is 141 Å². The summed E-state index contributed by atoms with van der Waals surface area (Å²) in [5.41, 5.74) is -0.625. The molecular formula is C17H24FNO5. The number of halogens is 1. The molecule has 0 saturated carbocycles. The highest BCUT2D eigenvalue weighted by Crippen LogP contribution is 2.20. The summed E-state index contributed by atoms with van der Waals surface area (Å²) in [5.74, 6) is -1.42. The minimum Gasteiger partial charge on any atom is -0.491 e. The quantitative estimate of drug-likeness (QED) is 0.830. The van der Waals surface area contributed by atoms with Crippen LogP contribution in [-0.2, 0) is 16.0 Å². The number of amides is 1. The number of alkyl carbamates (subject to hydrolysis) is 1. The van der Waals surface area contributed by atoms with Gasteiger partial charge in [-0.05, 0) is 58.4 Å². The van der Waals surface area contributed by atoms with Gasteiger partial charge in [-0.25, -0.2) is 14.0 Å². The van der Waals surface area contributed by atoms with E-state index in [1.165, 1.54) is 18.2 Å². The first kappa shape index (κ1) is 19.7. The number of carboxylic acid groups (broad SMARTS) is 1. The molecule has 1 atom stereocenters. The summed E-state index contributed by atoms with van der Waals surface area (Å²) in [7, 11) is 0. The molecule has 134 valence electrons. The van der Waals surface area contributed by atoms with Gasteiger partial charge in [0, 0.05) is 6.42 Å². The highest BCUT2D eigenvalue weighted by molar-refractivity contribution is 5.80. The first-order chi connectivity index (χ1) is 11.0. The SMILES string of the molecule is CC(C)Oc1ccc(F)c(CC(NC(=O)OC(C)(C)C)C(=O)O)c1. The minimum absolute atomic E-state index is 0.0986. The second-order valence-corrected chi connectivity index (χ2v) is 6.66. The Morgan fingerprint density at radius 1 is 1.29 bits per heavy atom. The summed E-state index contributed by atoms with van der Waals surface area (Å²) in [4.78, 5) is 23.1. The third-order valence-corrected chi connectivity index (χ3v) is 2.80. The van der Waals surface area contributed by atoms with Crippen molar-refractivity contribution in [3.8, 4) is 5.75 Å². The van der Waals surface area contributed by atoms with Gasteiger partial charge in [-0.2, -0.15) is 0 Å². The summed E-state index contributed by atoms with van der Waals surface area (Å²) in [6, 6.07) is 2.79. The lowest BCUT2D eigenvalue weighted by molar-refractivity contribution is -0.139. The fourth-order valence-corrected chi connectivity index (χ4v) is 1.92.